The Kier molecular flexibility index (Phi) is 3.50. The minimum Gasteiger partial charge on any atom is -0.481 e. The normalized spacial score (nSPS) is 31.4. The van der Waals surface area contributed by atoms with Gasteiger partial charge >= 0.3 is 5.97 Å². The van der Waals surface area contributed by atoms with E-state index in [1.807, 2.05) is 18.9 Å². The van der Waals surface area contributed by atoms with Crippen molar-refractivity contribution in [1.82, 2.24) is 4.90 Å². The van der Waals surface area contributed by atoms with Crippen LogP contribution in [0.25, 0.3) is 0 Å². The zero-order chi connectivity index (χ0) is 10.8. The number of β-amino-alcohol motifs (C(OH)–C–C–N with tert-alkyl or cyclic N) is 1. The molecule has 0 aromatic carbocycles. The van der Waals surface area contributed by atoms with Gasteiger partial charge in [0.25, 0.3) is 0 Å². The Hall–Kier alpha value is -0.610. The van der Waals surface area contributed by atoms with E-state index in [9.17, 15) is 9.90 Å². The van der Waals surface area contributed by atoms with Crippen molar-refractivity contribution in [3.05, 3.63) is 0 Å². The van der Waals surface area contributed by atoms with E-state index in [4.69, 9.17) is 5.11 Å². The van der Waals surface area contributed by atoms with E-state index in [1.165, 1.54) is 0 Å². The first-order chi connectivity index (χ1) is 6.49. The maximum Gasteiger partial charge on any atom is 0.309 e. The van der Waals surface area contributed by atoms with Gasteiger partial charge in [-0.15, -0.1) is 0 Å². The second-order valence-corrected chi connectivity index (χ2v) is 4.24. The molecule has 1 aliphatic heterocycles. The van der Waals surface area contributed by atoms with Gasteiger partial charge in [-0.3, -0.25) is 4.79 Å². The maximum absolute atomic E-state index is 11.0. The summed E-state index contributed by atoms with van der Waals surface area (Å²) in [4.78, 5) is 13.0. The van der Waals surface area contributed by atoms with Crippen LogP contribution in [-0.4, -0.2) is 46.8 Å². The molecule has 0 aromatic rings. The Morgan fingerprint density at radius 1 is 1.64 bits per heavy atom. The molecule has 2 unspecified atom stereocenters. The quantitative estimate of drug-likeness (QED) is 0.700. The number of rotatable bonds is 3. The van der Waals surface area contributed by atoms with Crippen molar-refractivity contribution in [2.24, 2.45) is 5.92 Å². The molecule has 14 heavy (non-hydrogen) atoms. The van der Waals surface area contributed by atoms with Gasteiger partial charge in [0.05, 0.1) is 11.5 Å². The van der Waals surface area contributed by atoms with Crippen molar-refractivity contribution in [1.29, 1.82) is 0 Å². The Labute approximate surface area is 84.5 Å². The van der Waals surface area contributed by atoms with Crippen LogP contribution in [0, 0.1) is 5.92 Å². The standard InChI is InChI=1S/C10H19NO3/c1-3-8(9(12)13)10(14)5-4-6-11(2)7-10/h8,14H,3-7H2,1-2H3,(H,12,13). The van der Waals surface area contributed by atoms with Crippen LogP contribution in [0.1, 0.15) is 26.2 Å². The second-order valence-electron chi connectivity index (χ2n) is 4.24. The molecule has 4 nitrogen and oxygen atoms in total. The molecule has 2 N–H and O–H groups in total. The van der Waals surface area contributed by atoms with Crippen molar-refractivity contribution in [3.8, 4) is 0 Å². The molecule has 0 bridgehead atoms. The summed E-state index contributed by atoms with van der Waals surface area (Å²) in [5.41, 5.74) is -1.03. The summed E-state index contributed by atoms with van der Waals surface area (Å²) < 4.78 is 0. The summed E-state index contributed by atoms with van der Waals surface area (Å²) in [7, 11) is 1.92. The van der Waals surface area contributed by atoms with Crippen molar-refractivity contribution in [2.45, 2.75) is 31.8 Å². The molecule has 0 aromatic heterocycles. The van der Waals surface area contributed by atoms with Gasteiger partial charge in [-0.25, -0.2) is 0 Å². The van der Waals surface area contributed by atoms with Gasteiger partial charge in [0.15, 0.2) is 0 Å². The van der Waals surface area contributed by atoms with Gasteiger partial charge in [0.1, 0.15) is 0 Å². The minimum atomic E-state index is -1.03. The zero-order valence-corrected chi connectivity index (χ0v) is 8.86. The fourth-order valence-electron chi connectivity index (χ4n) is 2.35. The molecule has 0 aliphatic carbocycles. The Bertz CT molecular complexity index is 219. The van der Waals surface area contributed by atoms with Crippen LogP contribution >= 0.6 is 0 Å². The number of aliphatic carboxylic acids is 1. The number of carboxylic acids is 1. The molecular formula is C10H19NO3. The Balaban J connectivity index is 2.75. The molecule has 2 atom stereocenters. The molecule has 1 fully saturated rings. The van der Waals surface area contributed by atoms with Crippen LogP contribution < -0.4 is 0 Å². The molecule has 0 saturated carbocycles. The molecule has 1 rings (SSSR count). The SMILES string of the molecule is CCC(C(=O)O)C1(O)CCCN(C)C1. The van der Waals surface area contributed by atoms with Gasteiger partial charge in [0.2, 0.25) is 0 Å². The fourth-order valence-corrected chi connectivity index (χ4v) is 2.35. The number of nitrogens with zero attached hydrogens (tertiary/aromatic N) is 1. The highest BCUT2D eigenvalue weighted by atomic mass is 16.4. The molecule has 1 aliphatic rings. The highest BCUT2D eigenvalue weighted by Gasteiger charge is 2.42. The van der Waals surface area contributed by atoms with E-state index in [0.717, 1.165) is 13.0 Å². The fraction of sp³-hybridized carbons (Fsp3) is 0.900. The van der Waals surface area contributed by atoms with Crippen molar-refractivity contribution in [2.75, 3.05) is 20.1 Å². The summed E-state index contributed by atoms with van der Waals surface area (Å²) in [6, 6.07) is 0. The van der Waals surface area contributed by atoms with Crippen LogP contribution in [0.3, 0.4) is 0 Å². The van der Waals surface area contributed by atoms with E-state index in [2.05, 4.69) is 0 Å². The van der Waals surface area contributed by atoms with Crippen molar-refractivity contribution < 1.29 is 15.0 Å². The lowest BCUT2D eigenvalue weighted by Crippen LogP contribution is -2.53. The van der Waals surface area contributed by atoms with E-state index >= 15 is 0 Å². The third-order valence-electron chi connectivity index (χ3n) is 3.05. The van der Waals surface area contributed by atoms with Gasteiger partial charge in [-0.05, 0) is 32.9 Å². The highest BCUT2D eigenvalue weighted by Crippen LogP contribution is 2.30. The lowest BCUT2D eigenvalue weighted by molar-refractivity contribution is -0.156. The first kappa shape index (κ1) is 11.5. The lowest BCUT2D eigenvalue weighted by Gasteiger charge is -2.40. The first-order valence-corrected chi connectivity index (χ1v) is 5.13. The van der Waals surface area contributed by atoms with Crippen molar-refractivity contribution in [3.63, 3.8) is 0 Å². The van der Waals surface area contributed by atoms with E-state index < -0.39 is 17.5 Å². The number of likely N-dealkylation sites (tertiary alicyclic amines) is 1. The maximum atomic E-state index is 11.0. The molecule has 4 heteroatoms. The van der Waals surface area contributed by atoms with Gasteiger partial charge < -0.3 is 15.1 Å². The van der Waals surface area contributed by atoms with Gasteiger partial charge in [-0.2, -0.15) is 0 Å². The molecule has 1 saturated heterocycles. The van der Waals surface area contributed by atoms with Crippen LogP contribution in [0.4, 0.5) is 0 Å². The average molecular weight is 201 g/mol. The number of aliphatic hydroxyl groups is 1. The summed E-state index contributed by atoms with van der Waals surface area (Å²) in [5, 5.41) is 19.2. The molecular weight excluding hydrogens is 182 g/mol. The Morgan fingerprint density at radius 3 is 2.71 bits per heavy atom. The van der Waals surface area contributed by atoms with Crippen molar-refractivity contribution >= 4 is 5.97 Å². The number of likely N-dealkylation sites (N-methyl/N-ethyl adjacent to an activating group) is 1. The number of hydrogen-bond donors (Lipinski definition) is 2. The zero-order valence-electron chi connectivity index (χ0n) is 8.86. The van der Waals surface area contributed by atoms with Crippen LogP contribution in [0.2, 0.25) is 0 Å². The third-order valence-corrected chi connectivity index (χ3v) is 3.05. The number of piperidine rings is 1. The van der Waals surface area contributed by atoms with Crippen LogP contribution in [0.5, 0.6) is 0 Å². The van der Waals surface area contributed by atoms with E-state index in [0.29, 0.717) is 19.4 Å². The first-order valence-electron chi connectivity index (χ1n) is 5.13. The highest BCUT2D eigenvalue weighted by molar-refractivity contribution is 5.71. The predicted molar refractivity (Wildman–Crippen MR) is 53.1 cm³/mol. The second kappa shape index (κ2) is 4.28. The van der Waals surface area contributed by atoms with E-state index in [1.54, 1.807) is 0 Å². The number of hydrogen-bond acceptors (Lipinski definition) is 3. The lowest BCUT2D eigenvalue weighted by atomic mass is 9.79. The number of carboxylic acid groups (broad SMARTS) is 1. The predicted octanol–water partition coefficient (Wildman–Crippen LogP) is 0.554. The topological polar surface area (TPSA) is 60.8 Å². The summed E-state index contributed by atoms with van der Waals surface area (Å²) in [5.74, 6) is -1.52. The van der Waals surface area contributed by atoms with Crippen LogP contribution in [0.15, 0.2) is 0 Å². The van der Waals surface area contributed by atoms with E-state index in [-0.39, 0.29) is 0 Å². The molecule has 0 radical (unpaired) electrons. The monoisotopic (exact) mass is 201 g/mol. The molecule has 1 heterocycles. The number of carbonyl (C=O) groups is 1. The Morgan fingerprint density at radius 2 is 2.29 bits per heavy atom. The summed E-state index contributed by atoms with van der Waals surface area (Å²) >= 11 is 0. The van der Waals surface area contributed by atoms with Gasteiger partial charge in [0, 0.05) is 6.54 Å². The minimum absolute atomic E-state index is 0.470. The summed E-state index contributed by atoms with van der Waals surface area (Å²) in [6.45, 7) is 3.22. The molecule has 82 valence electrons. The summed E-state index contributed by atoms with van der Waals surface area (Å²) in [6.07, 6.45) is 1.96. The van der Waals surface area contributed by atoms with Crippen LogP contribution in [-0.2, 0) is 4.79 Å². The molecule has 0 amide bonds. The third kappa shape index (κ3) is 2.25. The smallest absolute Gasteiger partial charge is 0.309 e. The average Bonchev–Trinajstić information content (AvgIpc) is 2.02. The molecule has 0 spiro atoms. The van der Waals surface area contributed by atoms with Gasteiger partial charge in [-0.1, -0.05) is 6.92 Å². The largest absolute Gasteiger partial charge is 0.481 e.